The van der Waals surface area contributed by atoms with Crippen LogP contribution in [0.3, 0.4) is 0 Å². The fraction of sp³-hybridized carbons (Fsp3) is 0.500. The highest BCUT2D eigenvalue weighted by atomic mass is 32.2. The van der Waals surface area contributed by atoms with Crippen LogP contribution in [0.15, 0.2) is 41.2 Å². The van der Waals surface area contributed by atoms with E-state index in [0.29, 0.717) is 11.8 Å². The molecule has 27 heavy (non-hydrogen) atoms. The number of aromatic nitrogens is 4. The molecule has 142 valence electrons. The summed E-state index contributed by atoms with van der Waals surface area (Å²) in [5.41, 5.74) is 3.27. The van der Waals surface area contributed by atoms with Crippen molar-refractivity contribution >= 4 is 23.2 Å². The summed E-state index contributed by atoms with van der Waals surface area (Å²) in [6, 6.07) is 8.71. The van der Waals surface area contributed by atoms with Crippen molar-refractivity contribution < 1.29 is 4.79 Å². The summed E-state index contributed by atoms with van der Waals surface area (Å²) >= 11 is 1.43. The van der Waals surface area contributed by atoms with Crippen molar-refractivity contribution in [2.24, 2.45) is 0 Å². The minimum atomic E-state index is -0.183. The lowest BCUT2D eigenvalue weighted by atomic mass is 9.83. The first-order valence-corrected chi connectivity index (χ1v) is 10.5. The van der Waals surface area contributed by atoms with E-state index in [1.807, 2.05) is 17.8 Å². The number of anilines is 1. The molecule has 2 aliphatic rings. The van der Waals surface area contributed by atoms with Crippen LogP contribution in [0.25, 0.3) is 0 Å². The fourth-order valence-corrected chi connectivity index (χ4v) is 5.01. The monoisotopic (exact) mass is 383 g/mol. The molecule has 0 spiro atoms. The van der Waals surface area contributed by atoms with Gasteiger partial charge in [-0.1, -0.05) is 56.7 Å². The predicted octanol–water partition coefficient (Wildman–Crippen LogP) is 3.76. The standard InChI is InChI=1S/C20H25N5OS/c1-20(2)16-10-6-7-11-17(16)24(3)18(20)12-15(26)13-27-19-21-22-23-25(19)14-8-4-5-9-14/h6-7,10-12,14H,4-5,8-9,13H2,1-3H3/b18-12-. The van der Waals surface area contributed by atoms with Gasteiger partial charge in [-0.3, -0.25) is 4.79 Å². The lowest BCUT2D eigenvalue weighted by molar-refractivity contribution is -0.112. The van der Waals surface area contributed by atoms with Gasteiger partial charge in [0.15, 0.2) is 5.78 Å². The molecule has 0 bridgehead atoms. The number of carbonyl (C=O) groups is 1. The van der Waals surface area contributed by atoms with Crippen LogP contribution in [-0.2, 0) is 10.2 Å². The van der Waals surface area contributed by atoms with Crippen molar-refractivity contribution in [1.29, 1.82) is 0 Å². The van der Waals surface area contributed by atoms with E-state index in [-0.39, 0.29) is 11.2 Å². The van der Waals surface area contributed by atoms with Gasteiger partial charge in [0.05, 0.1) is 11.8 Å². The topological polar surface area (TPSA) is 63.9 Å². The number of rotatable bonds is 5. The van der Waals surface area contributed by atoms with Crippen molar-refractivity contribution in [1.82, 2.24) is 20.2 Å². The van der Waals surface area contributed by atoms with E-state index in [1.165, 1.54) is 35.9 Å². The predicted molar refractivity (Wildman–Crippen MR) is 107 cm³/mol. The summed E-state index contributed by atoms with van der Waals surface area (Å²) in [5.74, 6) is 0.431. The van der Waals surface area contributed by atoms with Crippen molar-refractivity contribution in [2.75, 3.05) is 17.7 Å². The fourth-order valence-electron chi connectivity index (χ4n) is 4.25. The molecule has 1 aromatic carbocycles. The highest BCUT2D eigenvalue weighted by Gasteiger charge is 2.38. The Hall–Kier alpha value is -2.15. The first kappa shape index (κ1) is 18.2. The lowest BCUT2D eigenvalue weighted by Crippen LogP contribution is -2.24. The number of hydrogen-bond acceptors (Lipinski definition) is 6. The SMILES string of the molecule is CN1/C(=C\C(=O)CSc2nnnn2C2CCCC2)C(C)(C)c2ccccc21. The zero-order valence-electron chi connectivity index (χ0n) is 16.1. The molecule has 1 fully saturated rings. The molecule has 6 nitrogen and oxygen atoms in total. The zero-order chi connectivity index (χ0) is 19.0. The van der Waals surface area contributed by atoms with Crippen LogP contribution >= 0.6 is 11.8 Å². The minimum absolute atomic E-state index is 0.0868. The van der Waals surface area contributed by atoms with Crippen LogP contribution in [0, 0.1) is 0 Å². The summed E-state index contributed by atoms with van der Waals surface area (Å²) in [7, 11) is 2.03. The van der Waals surface area contributed by atoms with Crippen molar-refractivity contribution in [3.05, 3.63) is 41.6 Å². The van der Waals surface area contributed by atoms with E-state index in [4.69, 9.17) is 0 Å². The molecular formula is C20H25N5OS. The first-order valence-electron chi connectivity index (χ1n) is 9.47. The average molecular weight is 384 g/mol. The van der Waals surface area contributed by atoms with Crippen LogP contribution in [0.1, 0.15) is 51.1 Å². The van der Waals surface area contributed by atoms with E-state index in [0.717, 1.165) is 23.7 Å². The number of likely N-dealkylation sites (N-methyl/N-ethyl adjacent to an activating group) is 1. The smallest absolute Gasteiger partial charge is 0.210 e. The van der Waals surface area contributed by atoms with E-state index >= 15 is 0 Å². The second kappa shape index (κ2) is 7.11. The van der Waals surface area contributed by atoms with Gasteiger partial charge >= 0.3 is 0 Å². The highest BCUT2D eigenvalue weighted by Crippen LogP contribution is 2.46. The summed E-state index contributed by atoms with van der Waals surface area (Å²) < 4.78 is 1.90. The maximum Gasteiger partial charge on any atom is 0.210 e. The summed E-state index contributed by atoms with van der Waals surface area (Å²) in [4.78, 5) is 14.8. The third kappa shape index (κ3) is 3.29. The molecule has 1 aliphatic carbocycles. The number of fused-ring (bicyclic) bond motifs is 1. The van der Waals surface area contributed by atoms with Gasteiger partial charge in [0.25, 0.3) is 0 Å². The van der Waals surface area contributed by atoms with Crippen molar-refractivity contribution in [3.8, 4) is 0 Å². The maximum atomic E-state index is 12.7. The Morgan fingerprint density at radius 2 is 2.04 bits per heavy atom. The number of benzene rings is 1. The second-order valence-corrected chi connectivity index (χ2v) is 8.77. The Kier molecular flexibility index (Phi) is 4.80. The summed E-state index contributed by atoms with van der Waals surface area (Å²) in [6.45, 7) is 4.34. The van der Waals surface area contributed by atoms with Gasteiger partial charge in [0, 0.05) is 29.9 Å². The Balaban J connectivity index is 1.48. The Morgan fingerprint density at radius 1 is 1.30 bits per heavy atom. The van der Waals surface area contributed by atoms with Crippen molar-refractivity contribution in [2.45, 2.75) is 56.1 Å². The first-order chi connectivity index (χ1) is 13.0. The van der Waals surface area contributed by atoms with Crippen LogP contribution < -0.4 is 4.90 Å². The van der Waals surface area contributed by atoms with Gasteiger partial charge in [-0.15, -0.1) is 5.10 Å². The number of ketones is 1. The summed E-state index contributed by atoms with van der Waals surface area (Å²) in [5, 5.41) is 12.8. The van der Waals surface area contributed by atoms with Crippen LogP contribution in [0.5, 0.6) is 0 Å². The molecule has 0 radical (unpaired) electrons. The van der Waals surface area contributed by atoms with Gasteiger partial charge in [-0.2, -0.15) is 0 Å². The number of hydrogen-bond donors (Lipinski definition) is 0. The third-order valence-electron chi connectivity index (χ3n) is 5.71. The molecule has 0 N–H and O–H groups in total. The minimum Gasteiger partial charge on any atom is -0.347 e. The molecule has 2 heterocycles. The van der Waals surface area contributed by atoms with E-state index < -0.39 is 0 Å². The molecule has 0 amide bonds. The molecule has 0 unspecified atom stereocenters. The number of allylic oxidation sites excluding steroid dienone is 2. The Labute approximate surface area is 164 Å². The largest absolute Gasteiger partial charge is 0.347 e. The molecule has 1 saturated carbocycles. The third-order valence-corrected chi connectivity index (χ3v) is 6.67. The average Bonchev–Trinajstić information content (AvgIpc) is 3.37. The normalized spacial score (nSPS) is 20.4. The number of nitrogens with zero attached hydrogens (tertiary/aromatic N) is 5. The Morgan fingerprint density at radius 3 is 2.78 bits per heavy atom. The molecule has 2 aromatic rings. The number of carbonyl (C=O) groups excluding carboxylic acids is 1. The van der Waals surface area contributed by atoms with Crippen LogP contribution in [-0.4, -0.2) is 38.8 Å². The van der Waals surface area contributed by atoms with E-state index in [9.17, 15) is 4.79 Å². The number of tetrazole rings is 1. The molecule has 1 aromatic heterocycles. The zero-order valence-corrected chi connectivity index (χ0v) is 16.9. The summed E-state index contributed by atoms with van der Waals surface area (Å²) in [6.07, 6.45) is 6.47. The molecule has 4 rings (SSSR count). The number of para-hydroxylation sites is 1. The van der Waals surface area contributed by atoms with E-state index in [1.54, 1.807) is 6.08 Å². The van der Waals surface area contributed by atoms with Gasteiger partial charge in [0.2, 0.25) is 5.16 Å². The Bertz CT molecular complexity index is 882. The van der Waals surface area contributed by atoms with Crippen LogP contribution in [0.4, 0.5) is 5.69 Å². The van der Waals surface area contributed by atoms with E-state index in [2.05, 4.69) is 52.5 Å². The molecule has 0 atom stereocenters. The van der Waals surface area contributed by atoms with Gasteiger partial charge in [-0.25, -0.2) is 4.68 Å². The quantitative estimate of drug-likeness (QED) is 0.579. The van der Waals surface area contributed by atoms with Gasteiger partial charge in [-0.05, 0) is 34.9 Å². The molecular weight excluding hydrogens is 358 g/mol. The number of thioether (sulfide) groups is 1. The van der Waals surface area contributed by atoms with Gasteiger partial charge in [0.1, 0.15) is 0 Å². The molecule has 0 saturated heterocycles. The second-order valence-electron chi connectivity index (χ2n) is 7.83. The van der Waals surface area contributed by atoms with Crippen LogP contribution in [0.2, 0.25) is 0 Å². The molecule has 1 aliphatic heterocycles. The van der Waals surface area contributed by atoms with Gasteiger partial charge < -0.3 is 4.90 Å². The van der Waals surface area contributed by atoms with Crippen molar-refractivity contribution in [3.63, 3.8) is 0 Å². The maximum absolute atomic E-state index is 12.7. The highest BCUT2D eigenvalue weighted by molar-refractivity contribution is 7.99. The lowest BCUT2D eigenvalue weighted by Gasteiger charge is -2.23. The molecule has 7 heteroatoms.